The van der Waals surface area contributed by atoms with Gasteiger partial charge >= 0.3 is 5.97 Å². The van der Waals surface area contributed by atoms with Crippen LogP contribution in [0.4, 0.5) is 8.78 Å². The normalized spacial score (nSPS) is 10.8. The molecule has 4 nitrogen and oxygen atoms in total. The fourth-order valence-corrected chi connectivity index (χ4v) is 2.96. The molecule has 0 unspecified atom stereocenters. The topological polar surface area (TPSA) is 56.3 Å². The Morgan fingerprint density at radius 3 is 2.56 bits per heavy atom. The first-order chi connectivity index (χ1) is 12.9. The summed E-state index contributed by atoms with van der Waals surface area (Å²) in [6, 6.07) is 10.0. The van der Waals surface area contributed by atoms with Crippen LogP contribution in [0.15, 0.2) is 42.5 Å². The molecule has 0 atom stereocenters. The maximum absolute atomic E-state index is 13.7. The zero-order valence-corrected chi connectivity index (χ0v) is 14.9. The number of hydrogen-bond donors (Lipinski definition) is 0. The summed E-state index contributed by atoms with van der Waals surface area (Å²) in [6.07, 6.45) is 0.511. The molecule has 3 aromatic rings. The van der Waals surface area contributed by atoms with E-state index in [-0.39, 0.29) is 5.56 Å². The summed E-state index contributed by atoms with van der Waals surface area (Å²) in [4.78, 5) is 29.2. The second-order valence-corrected chi connectivity index (χ2v) is 6.05. The van der Waals surface area contributed by atoms with Gasteiger partial charge in [-0.25, -0.2) is 13.6 Å². The molecular formula is C21H17F2NO3. The first-order valence-electron chi connectivity index (χ1n) is 8.46. The number of carbonyl (C=O) groups is 2. The molecule has 0 spiro atoms. The monoisotopic (exact) mass is 369 g/mol. The molecule has 0 saturated carbocycles. The van der Waals surface area contributed by atoms with Crippen molar-refractivity contribution in [1.82, 2.24) is 4.98 Å². The Morgan fingerprint density at radius 2 is 1.85 bits per heavy atom. The van der Waals surface area contributed by atoms with Crippen LogP contribution in [-0.2, 0) is 11.2 Å². The average molecular weight is 369 g/mol. The number of esters is 1. The van der Waals surface area contributed by atoms with Gasteiger partial charge in [-0.15, -0.1) is 0 Å². The van der Waals surface area contributed by atoms with Crippen molar-refractivity contribution in [2.75, 3.05) is 6.61 Å². The van der Waals surface area contributed by atoms with E-state index in [4.69, 9.17) is 4.74 Å². The highest BCUT2D eigenvalue weighted by molar-refractivity contribution is 6.01. The van der Waals surface area contributed by atoms with Crippen molar-refractivity contribution in [3.8, 4) is 0 Å². The number of benzene rings is 2. The van der Waals surface area contributed by atoms with Crippen LogP contribution in [0.2, 0.25) is 0 Å². The van der Waals surface area contributed by atoms with Crippen LogP contribution < -0.4 is 0 Å². The summed E-state index contributed by atoms with van der Waals surface area (Å²) in [6.45, 7) is 3.02. The van der Waals surface area contributed by atoms with Crippen LogP contribution in [0, 0.1) is 18.6 Å². The van der Waals surface area contributed by atoms with E-state index >= 15 is 0 Å². The number of fused-ring (bicyclic) bond motifs is 1. The van der Waals surface area contributed by atoms with Gasteiger partial charge in [0.1, 0.15) is 11.6 Å². The van der Waals surface area contributed by atoms with Gasteiger partial charge in [0.15, 0.2) is 6.61 Å². The van der Waals surface area contributed by atoms with Crippen molar-refractivity contribution in [2.45, 2.75) is 20.3 Å². The fraction of sp³-hybridized carbons (Fsp3) is 0.190. The minimum Gasteiger partial charge on any atom is -0.454 e. The molecule has 6 heteroatoms. The van der Waals surface area contributed by atoms with Crippen molar-refractivity contribution in [2.24, 2.45) is 0 Å². The zero-order valence-electron chi connectivity index (χ0n) is 14.9. The van der Waals surface area contributed by atoms with Crippen LogP contribution in [0.25, 0.3) is 10.9 Å². The van der Waals surface area contributed by atoms with Gasteiger partial charge in [0.25, 0.3) is 0 Å². The lowest BCUT2D eigenvalue weighted by Gasteiger charge is -2.13. The molecule has 0 bridgehead atoms. The summed E-state index contributed by atoms with van der Waals surface area (Å²) in [5.41, 5.74) is 2.03. The van der Waals surface area contributed by atoms with Crippen LogP contribution in [0.3, 0.4) is 0 Å². The van der Waals surface area contributed by atoms with Gasteiger partial charge in [0.05, 0.1) is 22.3 Å². The Hall–Kier alpha value is -3.15. The second kappa shape index (κ2) is 7.61. The largest absolute Gasteiger partial charge is 0.454 e. The summed E-state index contributed by atoms with van der Waals surface area (Å²) in [7, 11) is 0. The molecule has 0 aliphatic carbocycles. The molecule has 0 fully saturated rings. The lowest BCUT2D eigenvalue weighted by atomic mass is 10.0. The summed E-state index contributed by atoms with van der Waals surface area (Å²) >= 11 is 0. The van der Waals surface area contributed by atoms with E-state index in [1.54, 1.807) is 6.92 Å². The Balaban J connectivity index is 1.86. The standard InChI is InChI=1S/C21H17F2NO3/c1-3-17-20(12(2)14-6-4-5-7-18(14)24-17)21(26)27-11-19(25)15-9-8-13(22)10-16(15)23/h4-10H,3,11H2,1-2H3. The van der Waals surface area contributed by atoms with E-state index in [1.807, 2.05) is 31.2 Å². The quantitative estimate of drug-likeness (QED) is 0.493. The molecule has 1 heterocycles. The highest BCUT2D eigenvalue weighted by atomic mass is 19.1. The third-order valence-corrected chi connectivity index (χ3v) is 4.33. The van der Waals surface area contributed by atoms with Gasteiger partial charge in [0, 0.05) is 11.5 Å². The number of nitrogens with zero attached hydrogens (tertiary/aromatic N) is 1. The maximum atomic E-state index is 13.7. The van der Waals surface area contributed by atoms with Crippen LogP contribution >= 0.6 is 0 Å². The number of carbonyl (C=O) groups excluding carboxylic acids is 2. The van der Waals surface area contributed by atoms with Gasteiger partial charge in [0.2, 0.25) is 5.78 Å². The smallest absolute Gasteiger partial charge is 0.340 e. The number of Topliss-reactive ketones (excluding diaryl/α,β-unsaturated/α-hetero) is 1. The van der Waals surface area contributed by atoms with E-state index in [2.05, 4.69) is 4.98 Å². The predicted molar refractivity (Wildman–Crippen MR) is 96.8 cm³/mol. The van der Waals surface area contributed by atoms with Gasteiger partial charge in [-0.3, -0.25) is 9.78 Å². The highest BCUT2D eigenvalue weighted by Gasteiger charge is 2.21. The molecule has 27 heavy (non-hydrogen) atoms. The van der Waals surface area contributed by atoms with Crippen molar-refractivity contribution >= 4 is 22.7 Å². The summed E-state index contributed by atoms with van der Waals surface area (Å²) < 4.78 is 31.8. The number of aromatic nitrogens is 1. The molecule has 0 amide bonds. The van der Waals surface area contributed by atoms with Crippen LogP contribution in [0.5, 0.6) is 0 Å². The highest BCUT2D eigenvalue weighted by Crippen LogP contribution is 2.24. The third-order valence-electron chi connectivity index (χ3n) is 4.33. The van der Waals surface area contributed by atoms with Crippen molar-refractivity contribution in [3.63, 3.8) is 0 Å². The lowest BCUT2D eigenvalue weighted by Crippen LogP contribution is -2.18. The van der Waals surface area contributed by atoms with Crippen LogP contribution in [0.1, 0.15) is 38.9 Å². The van der Waals surface area contributed by atoms with Gasteiger partial charge in [-0.05, 0) is 37.1 Å². The first kappa shape index (κ1) is 18.6. The zero-order chi connectivity index (χ0) is 19.6. The molecule has 0 aliphatic rings. The number of aryl methyl sites for hydroxylation is 2. The third kappa shape index (κ3) is 3.69. The minimum atomic E-state index is -0.992. The Bertz CT molecular complexity index is 1050. The summed E-state index contributed by atoms with van der Waals surface area (Å²) in [5, 5.41) is 0.817. The van der Waals surface area contributed by atoms with E-state index in [0.29, 0.717) is 29.3 Å². The van der Waals surface area contributed by atoms with E-state index in [9.17, 15) is 18.4 Å². The second-order valence-electron chi connectivity index (χ2n) is 6.05. The van der Waals surface area contributed by atoms with E-state index < -0.39 is 30.0 Å². The first-order valence-corrected chi connectivity index (χ1v) is 8.46. The predicted octanol–water partition coefficient (Wildman–Crippen LogP) is 4.42. The van der Waals surface area contributed by atoms with Crippen molar-refractivity contribution in [1.29, 1.82) is 0 Å². The molecule has 0 saturated heterocycles. The maximum Gasteiger partial charge on any atom is 0.340 e. The van der Waals surface area contributed by atoms with Gasteiger partial charge in [-0.2, -0.15) is 0 Å². The molecule has 3 rings (SSSR count). The molecule has 138 valence electrons. The molecule has 1 aromatic heterocycles. The number of halogens is 2. The molecule has 0 N–H and O–H groups in total. The molecule has 2 aromatic carbocycles. The number of pyridine rings is 1. The number of ether oxygens (including phenoxy) is 1. The number of ketones is 1. The van der Waals surface area contributed by atoms with Gasteiger partial charge in [-0.1, -0.05) is 25.1 Å². The minimum absolute atomic E-state index is 0.309. The Morgan fingerprint density at radius 1 is 1.11 bits per heavy atom. The average Bonchev–Trinajstić information content (AvgIpc) is 2.65. The number of rotatable bonds is 5. The Kier molecular flexibility index (Phi) is 5.26. The molecular weight excluding hydrogens is 352 g/mol. The van der Waals surface area contributed by atoms with Crippen molar-refractivity contribution < 1.29 is 23.1 Å². The lowest BCUT2D eigenvalue weighted by molar-refractivity contribution is 0.0471. The number of hydrogen-bond acceptors (Lipinski definition) is 4. The van der Waals surface area contributed by atoms with E-state index in [1.165, 1.54) is 0 Å². The van der Waals surface area contributed by atoms with Gasteiger partial charge < -0.3 is 4.74 Å². The summed E-state index contributed by atoms with van der Waals surface area (Å²) in [5.74, 6) is -3.22. The van der Waals surface area contributed by atoms with E-state index in [0.717, 1.165) is 23.0 Å². The molecule has 0 aliphatic heterocycles. The van der Waals surface area contributed by atoms with Crippen LogP contribution in [-0.4, -0.2) is 23.3 Å². The van der Waals surface area contributed by atoms with Crippen molar-refractivity contribution in [3.05, 3.63) is 76.5 Å². The SMILES string of the molecule is CCc1nc2ccccc2c(C)c1C(=O)OCC(=O)c1ccc(F)cc1F. The fourth-order valence-electron chi connectivity index (χ4n) is 2.96. The molecule has 0 radical (unpaired) electrons. The number of para-hydroxylation sites is 1. The Labute approximate surface area is 154 Å².